The Morgan fingerprint density at radius 3 is 2.38 bits per heavy atom. The van der Waals surface area contributed by atoms with Crippen LogP contribution in [0.2, 0.25) is 0 Å². The summed E-state index contributed by atoms with van der Waals surface area (Å²) < 4.78 is 50.7. The Hall–Kier alpha value is -1.37. The molecular weight excluding hydrogens is 475 g/mol. The van der Waals surface area contributed by atoms with Crippen molar-refractivity contribution in [2.45, 2.75) is 41.8 Å². The molecule has 11 heteroatoms. The van der Waals surface area contributed by atoms with Crippen molar-refractivity contribution in [3.8, 4) is 0 Å². The fourth-order valence-electron chi connectivity index (χ4n) is 3.61. The van der Waals surface area contributed by atoms with Crippen LogP contribution in [0.4, 0.5) is 4.39 Å². The lowest BCUT2D eigenvalue weighted by atomic mass is 9.94. The Bertz CT molecular complexity index is 920. The average molecular weight is 495 g/mol. The number of carboxylic acid groups (broad SMARTS) is 1. The molecule has 0 aromatic heterocycles. The summed E-state index contributed by atoms with van der Waals surface area (Å²) in [6.07, 6.45) is -0.649. The summed E-state index contributed by atoms with van der Waals surface area (Å²) in [6, 6.07) is 3.59. The summed E-state index contributed by atoms with van der Waals surface area (Å²) in [5.74, 6) is -3.96. The smallest absolute Gasteiger partial charge is 0.332 e. The first-order chi connectivity index (χ1) is 13.6. The van der Waals surface area contributed by atoms with Crippen LogP contribution in [-0.4, -0.2) is 66.2 Å². The van der Waals surface area contributed by atoms with Gasteiger partial charge in [0.15, 0.2) is 15.6 Å². The quantitative estimate of drug-likeness (QED) is 0.536. The van der Waals surface area contributed by atoms with Crippen LogP contribution in [0.3, 0.4) is 0 Å². The number of benzene rings is 1. The molecule has 1 unspecified atom stereocenters. The average Bonchev–Trinajstić information content (AvgIpc) is 3.01. The van der Waals surface area contributed by atoms with Crippen LogP contribution in [-0.2, 0) is 29.9 Å². The van der Waals surface area contributed by atoms with E-state index in [4.69, 9.17) is 9.47 Å². The molecule has 3 N–H and O–H groups in total. The number of aliphatic carboxylic acids is 1. The maximum Gasteiger partial charge on any atom is 0.332 e. The number of carbonyl (C=O) groups is 1. The SMILES string of the molecule is O=C(O)C1=CC2(CCC1S(=O)(=O)Cc1ccc(F)cc1Br)O[C@H](CO)[C@@H](CO)O2. The fourth-order valence-corrected chi connectivity index (χ4v) is 6.20. The van der Waals surface area contributed by atoms with Gasteiger partial charge in [-0.25, -0.2) is 17.6 Å². The Balaban J connectivity index is 1.91. The second-order valence-corrected chi connectivity index (χ2v) is 10.0. The Labute approximate surface area is 175 Å². The van der Waals surface area contributed by atoms with Crippen LogP contribution in [0.1, 0.15) is 18.4 Å². The molecule has 1 aromatic carbocycles. The van der Waals surface area contributed by atoms with Crippen molar-refractivity contribution in [3.63, 3.8) is 0 Å². The zero-order valence-corrected chi connectivity index (χ0v) is 17.5. The van der Waals surface area contributed by atoms with Gasteiger partial charge in [0.25, 0.3) is 0 Å². The zero-order valence-electron chi connectivity index (χ0n) is 15.1. The number of carboxylic acids is 1. The molecule has 29 heavy (non-hydrogen) atoms. The highest BCUT2D eigenvalue weighted by Crippen LogP contribution is 2.41. The number of rotatable bonds is 6. The molecule has 1 aliphatic carbocycles. The van der Waals surface area contributed by atoms with E-state index in [2.05, 4.69) is 15.9 Å². The van der Waals surface area contributed by atoms with E-state index in [9.17, 15) is 32.9 Å². The minimum absolute atomic E-state index is 0.0330. The van der Waals surface area contributed by atoms with Crippen molar-refractivity contribution < 1.29 is 42.4 Å². The van der Waals surface area contributed by atoms with Crippen molar-refractivity contribution >= 4 is 31.7 Å². The first-order valence-electron chi connectivity index (χ1n) is 8.79. The van der Waals surface area contributed by atoms with E-state index in [0.717, 1.165) is 18.2 Å². The highest BCUT2D eigenvalue weighted by atomic mass is 79.9. The first-order valence-corrected chi connectivity index (χ1v) is 11.3. The summed E-state index contributed by atoms with van der Waals surface area (Å²) in [5, 5.41) is 27.0. The molecule has 0 radical (unpaired) electrons. The van der Waals surface area contributed by atoms with Crippen LogP contribution >= 0.6 is 15.9 Å². The second-order valence-electron chi connectivity index (χ2n) is 6.96. The molecule has 1 fully saturated rings. The third-order valence-electron chi connectivity index (χ3n) is 5.01. The normalized spacial score (nSPS) is 26.5. The number of aliphatic hydroxyl groups excluding tert-OH is 2. The predicted octanol–water partition coefficient (Wildman–Crippen LogP) is 1.14. The minimum Gasteiger partial charge on any atom is -0.478 e. The van der Waals surface area contributed by atoms with E-state index in [0.29, 0.717) is 5.56 Å². The van der Waals surface area contributed by atoms with Gasteiger partial charge in [0.1, 0.15) is 18.0 Å². The van der Waals surface area contributed by atoms with Gasteiger partial charge < -0.3 is 24.8 Å². The molecule has 1 aliphatic heterocycles. The molecule has 0 amide bonds. The fraction of sp³-hybridized carbons (Fsp3) is 0.500. The van der Waals surface area contributed by atoms with E-state index in [1.807, 2.05) is 0 Å². The summed E-state index contributed by atoms with van der Waals surface area (Å²) in [4.78, 5) is 11.8. The van der Waals surface area contributed by atoms with Gasteiger partial charge >= 0.3 is 5.97 Å². The molecule has 1 saturated heterocycles. The molecule has 3 atom stereocenters. The topological polar surface area (TPSA) is 130 Å². The van der Waals surface area contributed by atoms with Gasteiger partial charge in [-0.15, -0.1) is 0 Å². The lowest BCUT2D eigenvalue weighted by Crippen LogP contribution is -2.41. The zero-order chi connectivity index (χ0) is 21.4. The molecule has 3 rings (SSSR count). The number of ether oxygens (including phenoxy) is 2. The van der Waals surface area contributed by atoms with Gasteiger partial charge in [0, 0.05) is 10.9 Å². The highest BCUT2D eigenvalue weighted by molar-refractivity contribution is 9.10. The van der Waals surface area contributed by atoms with E-state index in [-0.39, 0.29) is 17.3 Å². The highest BCUT2D eigenvalue weighted by Gasteiger charge is 2.51. The van der Waals surface area contributed by atoms with Crippen LogP contribution in [0.5, 0.6) is 0 Å². The van der Waals surface area contributed by atoms with Gasteiger partial charge in [0.2, 0.25) is 0 Å². The number of aliphatic hydroxyl groups is 2. The van der Waals surface area contributed by atoms with Crippen molar-refractivity contribution in [1.82, 2.24) is 0 Å². The number of hydrogen-bond donors (Lipinski definition) is 3. The number of hydrogen-bond acceptors (Lipinski definition) is 7. The molecule has 1 aromatic rings. The predicted molar refractivity (Wildman–Crippen MR) is 102 cm³/mol. The third kappa shape index (κ3) is 4.54. The minimum atomic E-state index is -3.96. The number of halogens is 2. The van der Waals surface area contributed by atoms with Crippen molar-refractivity contribution in [3.05, 3.63) is 45.7 Å². The molecule has 1 spiro atoms. The maximum atomic E-state index is 13.3. The van der Waals surface area contributed by atoms with Crippen molar-refractivity contribution in [2.24, 2.45) is 0 Å². The van der Waals surface area contributed by atoms with Crippen molar-refractivity contribution in [2.75, 3.05) is 13.2 Å². The van der Waals surface area contributed by atoms with Crippen LogP contribution < -0.4 is 0 Å². The molecule has 160 valence electrons. The summed E-state index contributed by atoms with van der Waals surface area (Å²) >= 11 is 3.12. The summed E-state index contributed by atoms with van der Waals surface area (Å²) in [6.45, 7) is -0.882. The van der Waals surface area contributed by atoms with E-state index >= 15 is 0 Å². The second kappa shape index (κ2) is 8.40. The molecule has 2 aliphatic rings. The lowest BCUT2D eigenvalue weighted by molar-refractivity contribution is -0.153. The van der Waals surface area contributed by atoms with E-state index in [1.54, 1.807) is 0 Å². The standard InChI is InChI=1S/C18H20BrFO8S/c19-13-5-11(20)2-1-10(13)9-29(25,26)16-3-4-18(6-12(16)17(23)24)27-14(7-21)15(8-22)28-18/h1-2,5-6,14-16,21-22H,3-4,7-9H2,(H,23,24)/t14-,15-,16?/m1/s1. The van der Waals surface area contributed by atoms with Crippen LogP contribution in [0, 0.1) is 5.82 Å². The monoisotopic (exact) mass is 494 g/mol. The van der Waals surface area contributed by atoms with Gasteiger partial charge in [-0.2, -0.15) is 0 Å². The maximum absolute atomic E-state index is 13.3. The molecule has 8 nitrogen and oxygen atoms in total. The van der Waals surface area contributed by atoms with Gasteiger partial charge in [-0.05, 0) is 30.2 Å². The van der Waals surface area contributed by atoms with Crippen LogP contribution in [0.25, 0.3) is 0 Å². The molecule has 1 heterocycles. The van der Waals surface area contributed by atoms with Gasteiger partial charge in [-0.1, -0.05) is 22.0 Å². The number of sulfone groups is 1. The largest absolute Gasteiger partial charge is 0.478 e. The Kier molecular flexibility index (Phi) is 6.47. The summed E-state index contributed by atoms with van der Waals surface area (Å²) in [7, 11) is -3.96. The molecule has 0 saturated carbocycles. The van der Waals surface area contributed by atoms with Gasteiger partial charge in [0.05, 0.1) is 29.8 Å². The third-order valence-corrected chi connectivity index (χ3v) is 7.81. The lowest BCUT2D eigenvalue weighted by Gasteiger charge is -2.33. The summed E-state index contributed by atoms with van der Waals surface area (Å²) in [5.41, 5.74) is -0.0877. The first kappa shape index (κ1) is 22.3. The van der Waals surface area contributed by atoms with E-state index < -0.39 is 69.4 Å². The Morgan fingerprint density at radius 1 is 1.24 bits per heavy atom. The van der Waals surface area contributed by atoms with Crippen LogP contribution in [0.15, 0.2) is 34.3 Å². The van der Waals surface area contributed by atoms with Crippen molar-refractivity contribution in [1.29, 1.82) is 0 Å². The van der Waals surface area contributed by atoms with E-state index in [1.165, 1.54) is 6.07 Å². The van der Waals surface area contributed by atoms with Gasteiger partial charge in [-0.3, -0.25) is 0 Å². The molecule has 0 bridgehead atoms. The Morgan fingerprint density at radius 2 is 1.86 bits per heavy atom. The molecular formula is C18H20BrFO8S.